The van der Waals surface area contributed by atoms with Crippen LogP contribution in [0, 0.1) is 0 Å². The summed E-state index contributed by atoms with van der Waals surface area (Å²) in [4.78, 5) is 0.395. The van der Waals surface area contributed by atoms with Crippen LogP contribution in [0.25, 0.3) is 0 Å². The summed E-state index contributed by atoms with van der Waals surface area (Å²) in [6.07, 6.45) is 4.11. The van der Waals surface area contributed by atoms with Gasteiger partial charge in [-0.3, -0.25) is 0 Å². The van der Waals surface area contributed by atoms with E-state index in [1.807, 2.05) is 0 Å². The van der Waals surface area contributed by atoms with Crippen molar-refractivity contribution in [3.05, 3.63) is 0 Å². The lowest BCUT2D eigenvalue weighted by Gasteiger charge is -2.21. The number of rotatable bonds is 6. The Bertz CT molecular complexity index is 358. The van der Waals surface area contributed by atoms with Crippen LogP contribution in [0.4, 0.5) is 0 Å². The van der Waals surface area contributed by atoms with E-state index in [0.717, 1.165) is 25.7 Å². The standard InChI is InChI=1S/C9H16N2O2S2/c10-9(14)5-6-11(7-1-2-7)15(12,13)8-3-4-8/h7-8H,1-6H2,(H2,10,14). The Balaban J connectivity index is 2.02. The molecule has 0 aromatic rings. The van der Waals surface area contributed by atoms with Crippen LogP contribution < -0.4 is 5.73 Å². The maximum Gasteiger partial charge on any atom is 0.217 e. The van der Waals surface area contributed by atoms with E-state index in [4.69, 9.17) is 18.0 Å². The summed E-state index contributed by atoms with van der Waals surface area (Å²) < 4.78 is 25.7. The largest absolute Gasteiger partial charge is 0.393 e. The first-order valence-corrected chi connectivity index (χ1v) is 7.22. The van der Waals surface area contributed by atoms with Crippen molar-refractivity contribution in [2.45, 2.75) is 43.4 Å². The molecule has 0 spiro atoms. The minimum atomic E-state index is -3.04. The molecule has 2 N–H and O–H groups in total. The van der Waals surface area contributed by atoms with E-state index in [1.165, 1.54) is 0 Å². The molecule has 0 amide bonds. The maximum absolute atomic E-state index is 12.0. The summed E-state index contributed by atoms with van der Waals surface area (Å²) in [5, 5.41) is -0.121. The molecule has 15 heavy (non-hydrogen) atoms. The van der Waals surface area contributed by atoms with Crippen LogP contribution in [-0.4, -0.2) is 35.5 Å². The van der Waals surface area contributed by atoms with E-state index in [9.17, 15) is 8.42 Å². The predicted molar refractivity (Wildman–Crippen MR) is 63.1 cm³/mol. The first-order valence-electron chi connectivity index (χ1n) is 5.31. The van der Waals surface area contributed by atoms with Gasteiger partial charge in [0.05, 0.1) is 10.2 Å². The Hall–Kier alpha value is -0.200. The summed E-state index contributed by atoms with van der Waals surface area (Å²) in [6.45, 7) is 0.471. The predicted octanol–water partition coefficient (Wildman–Crippen LogP) is 0.619. The van der Waals surface area contributed by atoms with E-state index in [1.54, 1.807) is 4.31 Å². The minimum Gasteiger partial charge on any atom is -0.393 e. The van der Waals surface area contributed by atoms with E-state index < -0.39 is 10.0 Å². The van der Waals surface area contributed by atoms with E-state index in [0.29, 0.717) is 18.0 Å². The van der Waals surface area contributed by atoms with E-state index in [2.05, 4.69) is 0 Å². The van der Waals surface area contributed by atoms with Gasteiger partial charge in [0.25, 0.3) is 0 Å². The summed E-state index contributed by atoms with van der Waals surface area (Å²) >= 11 is 4.78. The van der Waals surface area contributed by atoms with E-state index >= 15 is 0 Å². The molecule has 0 aliphatic heterocycles. The lowest BCUT2D eigenvalue weighted by molar-refractivity contribution is 0.412. The summed E-state index contributed by atoms with van der Waals surface area (Å²) in [5.41, 5.74) is 5.41. The summed E-state index contributed by atoms with van der Waals surface area (Å²) in [5.74, 6) is 0. The molecule has 2 fully saturated rings. The molecule has 2 aliphatic rings. The van der Waals surface area contributed by atoms with Gasteiger partial charge in [0.2, 0.25) is 10.0 Å². The molecule has 2 aliphatic carbocycles. The highest BCUT2D eigenvalue weighted by Crippen LogP contribution is 2.37. The molecule has 0 unspecified atom stereocenters. The fourth-order valence-corrected chi connectivity index (χ4v) is 3.84. The van der Waals surface area contributed by atoms with Crippen LogP contribution in [0.15, 0.2) is 0 Å². The fourth-order valence-electron chi connectivity index (χ4n) is 1.66. The van der Waals surface area contributed by atoms with Crippen molar-refractivity contribution in [3.63, 3.8) is 0 Å². The maximum atomic E-state index is 12.0. The molecule has 0 radical (unpaired) electrons. The number of nitrogens with two attached hydrogens (primary N) is 1. The summed E-state index contributed by atoms with van der Waals surface area (Å²) in [6, 6.07) is 0.227. The molecule has 2 saturated carbocycles. The number of thiocarbonyl (C=S) groups is 1. The average Bonchev–Trinajstić information content (AvgIpc) is 2.99. The number of hydrogen-bond acceptors (Lipinski definition) is 3. The Morgan fingerprint density at radius 2 is 1.93 bits per heavy atom. The monoisotopic (exact) mass is 248 g/mol. The molecule has 0 bridgehead atoms. The first kappa shape index (κ1) is 11.3. The smallest absolute Gasteiger partial charge is 0.217 e. The highest BCUT2D eigenvalue weighted by molar-refractivity contribution is 7.90. The zero-order valence-corrected chi connectivity index (χ0v) is 10.2. The Labute approximate surface area is 95.9 Å². The lowest BCUT2D eigenvalue weighted by atomic mass is 10.4. The van der Waals surface area contributed by atoms with Gasteiger partial charge in [0.1, 0.15) is 0 Å². The third-order valence-corrected chi connectivity index (χ3v) is 5.46. The van der Waals surface area contributed by atoms with Gasteiger partial charge in [-0.1, -0.05) is 12.2 Å². The van der Waals surface area contributed by atoms with Crippen LogP contribution in [0.2, 0.25) is 0 Å². The molecule has 4 nitrogen and oxygen atoms in total. The minimum absolute atomic E-state index is 0.121. The topological polar surface area (TPSA) is 63.4 Å². The van der Waals surface area contributed by atoms with Gasteiger partial charge in [-0.05, 0) is 25.7 Å². The Kier molecular flexibility index (Phi) is 3.00. The molecule has 0 heterocycles. The third-order valence-electron chi connectivity index (χ3n) is 2.81. The van der Waals surface area contributed by atoms with Crippen molar-refractivity contribution in [2.24, 2.45) is 5.73 Å². The lowest BCUT2D eigenvalue weighted by Crippen LogP contribution is -2.37. The Morgan fingerprint density at radius 1 is 1.33 bits per heavy atom. The van der Waals surface area contributed by atoms with Gasteiger partial charge in [-0.25, -0.2) is 8.42 Å². The summed E-state index contributed by atoms with van der Waals surface area (Å²) in [7, 11) is -3.04. The fraction of sp³-hybridized carbons (Fsp3) is 0.889. The van der Waals surface area contributed by atoms with Crippen LogP contribution in [0.3, 0.4) is 0 Å². The zero-order chi connectivity index (χ0) is 11.1. The van der Waals surface area contributed by atoms with Crippen LogP contribution in [0.5, 0.6) is 0 Å². The van der Waals surface area contributed by atoms with E-state index in [-0.39, 0.29) is 11.3 Å². The van der Waals surface area contributed by atoms with Crippen molar-refractivity contribution >= 4 is 27.2 Å². The average molecular weight is 248 g/mol. The van der Waals surface area contributed by atoms with Crippen molar-refractivity contribution < 1.29 is 8.42 Å². The van der Waals surface area contributed by atoms with Gasteiger partial charge in [-0.15, -0.1) is 0 Å². The molecule has 6 heteroatoms. The SMILES string of the molecule is NC(=S)CCN(C1CC1)S(=O)(=O)C1CC1. The zero-order valence-electron chi connectivity index (χ0n) is 8.55. The second-order valence-electron chi connectivity index (χ2n) is 4.30. The van der Waals surface area contributed by atoms with Gasteiger partial charge >= 0.3 is 0 Å². The molecular formula is C9H16N2O2S2. The molecular weight excluding hydrogens is 232 g/mol. The number of sulfonamides is 1. The van der Waals surface area contributed by atoms with Crippen molar-refractivity contribution in [1.29, 1.82) is 0 Å². The van der Waals surface area contributed by atoms with Crippen molar-refractivity contribution in [2.75, 3.05) is 6.54 Å². The van der Waals surface area contributed by atoms with Crippen molar-refractivity contribution in [3.8, 4) is 0 Å². The van der Waals surface area contributed by atoms with Crippen LogP contribution >= 0.6 is 12.2 Å². The van der Waals surface area contributed by atoms with Crippen molar-refractivity contribution in [1.82, 2.24) is 4.31 Å². The van der Waals surface area contributed by atoms with Gasteiger partial charge < -0.3 is 5.73 Å². The first-order chi connectivity index (χ1) is 7.01. The van der Waals surface area contributed by atoms with Crippen LogP contribution in [-0.2, 0) is 10.0 Å². The van der Waals surface area contributed by atoms with Gasteiger partial charge in [0.15, 0.2) is 0 Å². The highest BCUT2D eigenvalue weighted by Gasteiger charge is 2.45. The number of nitrogens with zero attached hydrogens (tertiary/aromatic N) is 1. The number of hydrogen-bond donors (Lipinski definition) is 1. The van der Waals surface area contributed by atoms with Crippen LogP contribution in [0.1, 0.15) is 32.1 Å². The quantitative estimate of drug-likeness (QED) is 0.700. The molecule has 0 aromatic carbocycles. The van der Waals surface area contributed by atoms with Gasteiger partial charge in [-0.2, -0.15) is 4.31 Å². The second kappa shape index (κ2) is 3.99. The molecule has 2 rings (SSSR count). The second-order valence-corrected chi connectivity index (χ2v) is 6.99. The molecule has 86 valence electrons. The third kappa shape index (κ3) is 2.68. The molecule has 0 atom stereocenters. The Morgan fingerprint density at radius 3 is 2.33 bits per heavy atom. The normalized spacial score (nSPS) is 21.9. The molecule has 0 saturated heterocycles. The molecule has 0 aromatic heterocycles. The highest BCUT2D eigenvalue weighted by atomic mass is 32.2. The van der Waals surface area contributed by atoms with Gasteiger partial charge in [0, 0.05) is 19.0 Å².